The standard InChI is InChI=1S/C16H21N3O2S/c1-11(15(20)17-9-6-10-21-3)22-16-13-7-4-5-8-14(13)18-12(2)19-16/h4-5,7-8,11H,6,9-10H2,1-3H3,(H,17,20). The summed E-state index contributed by atoms with van der Waals surface area (Å²) in [5.41, 5.74) is 0.908. The Morgan fingerprint density at radius 2 is 2.14 bits per heavy atom. The van der Waals surface area contributed by atoms with Crippen LogP contribution in [0, 0.1) is 6.92 Å². The molecule has 1 aromatic carbocycles. The lowest BCUT2D eigenvalue weighted by Crippen LogP contribution is -2.32. The monoisotopic (exact) mass is 319 g/mol. The van der Waals surface area contributed by atoms with E-state index in [0.29, 0.717) is 19.0 Å². The summed E-state index contributed by atoms with van der Waals surface area (Å²) in [6.45, 7) is 5.03. The number of hydrogen-bond acceptors (Lipinski definition) is 5. The summed E-state index contributed by atoms with van der Waals surface area (Å²) in [6.07, 6.45) is 0.815. The van der Waals surface area contributed by atoms with Crippen molar-refractivity contribution in [1.29, 1.82) is 0 Å². The van der Waals surface area contributed by atoms with Gasteiger partial charge in [0.05, 0.1) is 10.8 Å². The van der Waals surface area contributed by atoms with E-state index in [4.69, 9.17) is 4.74 Å². The second-order valence-corrected chi connectivity index (χ2v) is 6.32. The molecule has 0 bridgehead atoms. The first-order valence-electron chi connectivity index (χ1n) is 7.28. The number of aromatic nitrogens is 2. The summed E-state index contributed by atoms with van der Waals surface area (Å²) < 4.78 is 4.97. The molecule has 0 spiro atoms. The lowest BCUT2D eigenvalue weighted by molar-refractivity contribution is -0.120. The van der Waals surface area contributed by atoms with Crippen molar-refractivity contribution in [3.63, 3.8) is 0 Å². The van der Waals surface area contributed by atoms with Gasteiger partial charge in [-0.2, -0.15) is 0 Å². The molecule has 2 aromatic rings. The second kappa shape index (κ2) is 8.10. The van der Waals surface area contributed by atoms with Crippen molar-refractivity contribution >= 4 is 28.6 Å². The fraction of sp³-hybridized carbons (Fsp3) is 0.438. The van der Waals surface area contributed by atoms with Gasteiger partial charge in [0.25, 0.3) is 0 Å². The van der Waals surface area contributed by atoms with Crippen LogP contribution >= 0.6 is 11.8 Å². The van der Waals surface area contributed by atoms with Crippen molar-refractivity contribution in [2.45, 2.75) is 30.5 Å². The first-order chi connectivity index (χ1) is 10.6. The summed E-state index contributed by atoms with van der Waals surface area (Å²) in [5, 5.41) is 4.54. The van der Waals surface area contributed by atoms with Crippen LogP contribution in [0.15, 0.2) is 29.3 Å². The largest absolute Gasteiger partial charge is 0.385 e. The Morgan fingerprint density at radius 3 is 2.91 bits per heavy atom. The Labute approximate surface area is 134 Å². The van der Waals surface area contributed by atoms with Gasteiger partial charge in [-0.1, -0.05) is 30.0 Å². The van der Waals surface area contributed by atoms with Crippen LogP contribution in [0.3, 0.4) is 0 Å². The average molecular weight is 319 g/mol. The quantitative estimate of drug-likeness (QED) is 0.483. The Morgan fingerprint density at radius 1 is 1.36 bits per heavy atom. The van der Waals surface area contributed by atoms with Gasteiger partial charge in [0.15, 0.2) is 0 Å². The molecule has 1 atom stereocenters. The minimum atomic E-state index is -0.208. The summed E-state index contributed by atoms with van der Waals surface area (Å²) in [5.74, 6) is 0.732. The number of hydrogen-bond donors (Lipinski definition) is 1. The zero-order valence-electron chi connectivity index (χ0n) is 13.1. The van der Waals surface area contributed by atoms with Crippen LogP contribution < -0.4 is 5.32 Å². The smallest absolute Gasteiger partial charge is 0.233 e. The van der Waals surface area contributed by atoms with Crippen molar-refractivity contribution in [1.82, 2.24) is 15.3 Å². The molecule has 1 N–H and O–H groups in total. The number of benzene rings is 1. The molecule has 6 heteroatoms. The van der Waals surface area contributed by atoms with Gasteiger partial charge in [0.1, 0.15) is 10.9 Å². The van der Waals surface area contributed by atoms with E-state index >= 15 is 0 Å². The van der Waals surface area contributed by atoms with Gasteiger partial charge in [0.2, 0.25) is 5.91 Å². The zero-order valence-corrected chi connectivity index (χ0v) is 13.9. The number of methoxy groups -OCH3 is 1. The maximum atomic E-state index is 12.1. The van der Waals surface area contributed by atoms with E-state index in [9.17, 15) is 4.79 Å². The number of amides is 1. The van der Waals surface area contributed by atoms with E-state index in [-0.39, 0.29) is 11.2 Å². The van der Waals surface area contributed by atoms with Crippen LogP contribution in [0.1, 0.15) is 19.2 Å². The number of nitrogens with one attached hydrogen (secondary N) is 1. The van der Waals surface area contributed by atoms with Gasteiger partial charge >= 0.3 is 0 Å². The normalized spacial score (nSPS) is 12.3. The van der Waals surface area contributed by atoms with Gasteiger partial charge in [0, 0.05) is 25.6 Å². The van der Waals surface area contributed by atoms with Gasteiger partial charge < -0.3 is 10.1 Å². The van der Waals surface area contributed by atoms with Gasteiger partial charge in [-0.3, -0.25) is 4.79 Å². The van der Waals surface area contributed by atoms with E-state index in [1.165, 1.54) is 11.8 Å². The third-order valence-corrected chi connectivity index (χ3v) is 4.26. The number of thioether (sulfide) groups is 1. The third kappa shape index (κ3) is 4.42. The summed E-state index contributed by atoms with van der Waals surface area (Å²) >= 11 is 1.46. The van der Waals surface area contributed by atoms with E-state index in [1.54, 1.807) is 7.11 Å². The van der Waals surface area contributed by atoms with Crippen molar-refractivity contribution in [2.75, 3.05) is 20.3 Å². The van der Waals surface area contributed by atoms with Crippen molar-refractivity contribution in [2.24, 2.45) is 0 Å². The SMILES string of the molecule is COCCCNC(=O)C(C)Sc1nc(C)nc2ccccc12. The molecule has 1 aromatic heterocycles. The molecular weight excluding hydrogens is 298 g/mol. The molecular formula is C16H21N3O2S. The predicted molar refractivity (Wildman–Crippen MR) is 89.1 cm³/mol. The molecule has 0 saturated heterocycles. The zero-order chi connectivity index (χ0) is 15.9. The van der Waals surface area contributed by atoms with Crippen LogP contribution in [0.5, 0.6) is 0 Å². The highest BCUT2D eigenvalue weighted by molar-refractivity contribution is 8.00. The number of carbonyl (C=O) groups excluding carboxylic acids is 1. The highest BCUT2D eigenvalue weighted by Gasteiger charge is 2.16. The highest BCUT2D eigenvalue weighted by Crippen LogP contribution is 2.28. The minimum absolute atomic E-state index is 0.0152. The van der Waals surface area contributed by atoms with E-state index in [2.05, 4.69) is 15.3 Å². The van der Waals surface area contributed by atoms with Crippen molar-refractivity contribution < 1.29 is 9.53 Å². The third-order valence-electron chi connectivity index (χ3n) is 3.16. The molecule has 5 nitrogen and oxygen atoms in total. The van der Waals surface area contributed by atoms with E-state index < -0.39 is 0 Å². The van der Waals surface area contributed by atoms with Crippen LogP contribution in [0.25, 0.3) is 10.9 Å². The highest BCUT2D eigenvalue weighted by atomic mass is 32.2. The molecule has 118 valence electrons. The van der Waals surface area contributed by atoms with Crippen LogP contribution in [0.2, 0.25) is 0 Å². The molecule has 22 heavy (non-hydrogen) atoms. The van der Waals surface area contributed by atoms with Crippen molar-refractivity contribution in [3.05, 3.63) is 30.1 Å². The summed E-state index contributed by atoms with van der Waals surface area (Å²) in [6, 6.07) is 7.86. The summed E-state index contributed by atoms with van der Waals surface area (Å²) in [4.78, 5) is 21.0. The number of nitrogens with zero attached hydrogens (tertiary/aromatic N) is 2. The molecule has 0 aliphatic rings. The fourth-order valence-corrected chi connectivity index (χ4v) is 3.05. The number of ether oxygens (including phenoxy) is 1. The molecule has 2 rings (SSSR count). The van der Waals surface area contributed by atoms with Crippen LogP contribution in [-0.2, 0) is 9.53 Å². The van der Waals surface area contributed by atoms with Gasteiger partial charge in [-0.15, -0.1) is 0 Å². The Bertz CT molecular complexity index is 648. The molecule has 1 unspecified atom stereocenters. The molecule has 0 fully saturated rings. The maximum absolute atomic E-state index is 12.1. The fourth-order valence-electron chi connectivity index (χ4n) is 2.04. The maximum Gasteiger partial charge on any atom is 0.233 e. The van der Waals surface area contributed by atoms with E-state index in [0.717, 1.165) is 22.3 Å². The number of carbonyl (C=O) groups is 1. The Kier molecular flexibility index (Phi) is 6.15. The second-order valence-electron chi connectivity index (χ2n) is 4.99. The van der Waals surface area contributed by atoms with Gasteiger partial charge in [-0.25, -0.2) is 9.97 Å². The molecule has 0 saturated carbocycles. The molecule has 0 radical (unpaired) electrons. The number of aryl methyl sites for hydroxylation is 1. The molecule has 1 amide bonds. The average Bonchev–Trinajstić information content (AvgIpc) is 2.51. The number of para-hydroxylation sites is 1. The topological polar surface area (TPSA) is 64.1 Å². The Balaban J connectivity index is 2.05. The molecule has 0 aliphatic heterocycles. The first-order valence-corrected chi connectivity index (χ1v) is 8.16. The van der Waals surface area contributed by atoms with E-state index in [1.807, 2.05) is 38.1 Å². The molecule has 1 heterocycles. The first kappa shape index (κ1) is 16.7. The van der Waals surface area contributed by atoms with Crippen LogP contribution in [-0.4, -0.2) is 41.4 Å². The molecule has 0 aliphatic carbocycles. The Hall–Kier alpha value is -1.66. The number of fused-ring (bicyclic) bond motifs is 1. The lowest BCUT2D eigenvalue weighted by atomic mass is 10.2. The predicted octanol–water partition coefficient (Wildman–Crippen LogP) is 2.57. The van der Waals surface area contributed by atoms with Crippen LogP contribution in [0.4, 0.5) is 0 Å². The summed E-state index contributed by atoms with van der Waals surface area (Å²) in [7, 11) is 1.66. The van der Waals surface area contributed by atoms with Crippen molar-refractivity contribution in [3.8, 4) is 0 Å². The minimum Gasteiger partial charge on any atom is -0.385 e. The number of rotatable bonds is 7. The van der Waals surface area contributed by atoms with Gasteiger partial charge in [-0.05, 0) is 26.3 Å². The lowest BCUT2D eigenvalue weighted by Gasteiger charge is -2.13.